The van der Waals surface area contributed by atoms with E-state index in [0.29, 0.717) is 17.6 Å². The lowest BCUT2D eigenvalue weighted by Crippen LogP contribution is -2.14. The van der Waals surface area contributed by atoms with Gasteiger partial charge in [-0.25, -0.2) is 13.6 Å². The van der Waals surface area contributed by atoms with Crippen LogP contribution in [0, 0.1) is 0 Å². The summed E-state index contributed by atoms with van der Waals surface area (Å²) in [7, 11) is -0.167. The van der Waals surface area contributed by atoms with Gasteiger partial charge in [0.15, 0.2) is 12.0 Å². The lowest BCUT2D eigenvalue weighted by molar-refractivity contribution is 0.110. The Bertz CT molecular complexity index is 747. The fourth-order valence-corrected chi connectivity index (χ4v) is 2.38. The van der Waals surface area contributed by atoms with Gasteiger partial charge in [-0.15, -0.1) is 0 Å². The first-order valence-electron chi connectivity index (χ1n) is 5.72. The van der Waals surface area contributed by atoms with Gasteiger partial charge in [0.25, 0.3) is 0 Å². The van der Waals surface area contributed by atoms with Crippen LogP contribution in [0.5, 0.6) is 0 Å². The third-order valence-electron chi connectivity index (χ3n) is 2.79. The Morgan fingerprint density at radius 3 is 2.40 bits per heavy atom. The molecule has 0 saturated carbocycles. The first-order chi connectivity index (χ1) is 9.32. The lowest BCUT2D eigenvalue weighted by atomic mass is 10.1. The highest BCUT2D eigenvalue weighted by Crippen LogP contribution is 2.32. The molecule has 0 saturated heterocycles. The third-order valence-corrected chi connectivity index (χ3v) is 3.70. The summed E-state index contributed by atoms with van der Waals surface area (Å²) in [4.78, 5) is 12.5. The van der Waals surface area contributed by atoms with Gasteiger partial charge >= 0.3 is 0 Å². The number of primary sulfonamides is 1. The summed E-state index contributed by atoms with van der Waals surface area (Å²) in [6, 6.07) is 7.62. The molecule has 0 bridgehead atoms. The summed E-state index contributed by atoms with van der Waals surface area (Å²) in [6.07, 6.45) is 0.586. The van der Waals surface area contributed by atoms with Crippen LogP contribution in [0.25, 0.3) is 11.3 Å². The molecule has 0 radical (unpaired) electrons. The van der Waals surface area contributed by atoms with Gasteiger partial charge in [-0.3, -0.25) is 4.79 Å². The Balaban J connectivity index is 2.66. The SMILES string of the molecule is CN(C)c1ccc(S(N)(=O)=O)cc1-c1ccc(C=O)o1. The average Bonchev–Trinajstić information content (AvgIpc) is 2.85. The number of anilines is 1. The third kappa shape index (κ3) is 2.73. The number of furan rings is 1. The van der Waals surface area contributed by atoms with Crippen LogP contribution in [0.1, 0.15) is 10.6 Å². The fourth-order valence-electron chi connectivity index (χ4n) is 1.84. The second kappa shape index (κ2) is 5.10. The van der Waals surface area contributed by atoms with Gasteiger partial charge in [-0.2, -0.15) is 0 Å². The molecule has 2 aromatic rings. The molecule has 0 aliphatic rings. The summed E-state index contributed by atoms with van der Waals surface area (Å²) >= 11 is 0. The Hall–Kier alpha value is -2.12. The van der Waals surface area contributed by atoms with Crippen molar-refractivity contribution in [1.82, 2.24) is 0 Å². The van der Waals surface area contributed by atoms with Gasteiger partial charge in [0.2, 0.25) is 10.0 Å². The molecule has 0 amide bonds. The average molecular weight is 294 g/mol. The topological polar surface area (TPSA) is 93.6 Å². The van der Waals surface area contributed by atoms with Crippen LogP contribution in [-0.4, -0.2) is 28.8 Å². The number of aldehydes is 1. The number of nitrogens with zero attached hydrogens (tertiary/aromatic N) is 1. The highest BCUT2D eigenvalue weighted by atomic mass is 32.2. The van der Waals surface area contributed by atoms with Crippen molar-refractivity contribution >= 4 is 22.0 Å². The maximum atomic E-state index is 11.4. The van der Waals surface area contributed by atoms with Gasteiger partial charge in [-0.05, 0) is 30.3 Å². The van der Waals surface area contributed by atoms with E-state index in [2.05, 4.69) is 0 Å². The second-order valence-corrected chi connectivity index (χ2v) is 6.00. The van der Waals surface area contributed by atoms with E-state index in [1.165, 1.54) is 18.2 Å². The lowest BCUT2D eigenvalue weighted by Gasteiger charge is -2.17. The van der Waals surface area contributed by atoms with E-state index in [9.17, 15) is 13.2 Å². The van der Waals surface area contributed by atoms with Crippen molar-refractivity contribution in [1.29, 1.82) is 0 Å². The van der Waals surface area contributed by atoms with Crippen molar-refractivity contribution in [3.05, 3.63) is 36.1 Å². The molecule has 0 fully saturated rings. The van der Waals surface area contributed by atoms with Gasteiger partial charge in [0, 0.05) is 25.3 Å². The zero-order valence-electron chi connectivity index (χ0n) is 11.0. The summed E-state index contributed by atoms with van der Waals surface area (Å²) < 4.78 is 28.2. The predicted octanol–water partition coefficient (Wildman–Crippen LogP) is 1.47. The number of rotatable bonds is 4. The van der Waals surface area contributed by atoms with Crippen LogP contribution in [0.4, 0.5) is 5.69 Å². The minimum absolute atomic E-state index is 0.0119. The van der Waals surface area contributed by atoms with E-state index in [4.69, 9.17) is 9.56 Å². The molecule has 2 rings (SSSR count). The molecular formula is C13H14N2O4S. The maximum absolute atomic E-state index is 11.4. The summed E-state index contributed by atoms with van der Waals surface area (Å²) in [6.45, 7) is 0. The van der Waals surface area contributed by atoms with Crippen LogP contribution in [0.15, 0.2) is 39.6 Å². The Morgan fingerprint density at radius 2 is 1.90 bits per heavy atom. The van der Waals surface area contributed by atoms with E-state index in [1.54, 1.807) is 12.1 Å². The zero-order valence-corrected chi connectivity index (χ0v) is 11.8. The van der Waals surface area contributed by atoms with Crippen molar-refractivity contribution in [2.45, 2.75) is 4.90 Å². The molecular weight excluding hydrogens is 280 g/mol. The van der Waals surface area contributed by atoms with Crippen molar-refractivity contribution in [3.8, 4) is 11.3 Å². The number of nitrogens with two attached hydrogens (primary N) is 1. The van der Waals surface area contributed by atoms with Gasteiger partial charge < -0.3 is 9.32 Å². The number of benzene rings is 1. The first-order valence-corrected chi connectivity index (χ1v) is 7.27. The van der Waals surface area contributed by atoms with Crippen LogP contribution < -0.4 is 10.0 Å². The molecule has 1 heterocycles. The largest absolute Gasteiger partial charge is 0.453 e. The van der Waals surface area contributed by atoms with E-state index in [1.807, 2.05) is 19.0 Å². The number of hydrogen-bond donors (Lipinski definition) is 1. The van der Waals surface area contributed by atoms with Gasteiger partial charge in [-0.1, -0.05) is 0 Å². The van der Waals surface area contributed by atoms with Gasteiger partial charge in [0.1, 0.15) is 5.76 Å². The Labute approximate surface area is 116 Å². The summed E-state index contributed by atoms with van der Waals surface area (Å²) in [5, 5.41) is 5.13. The van der Waals surface area contributed by atoms with Crippen LogP contribution in [0.3, 0.4) is 0 Å². The van der Waals surface area contributed by atoms with E-state index < -0.39 is 10.0 Å². The molecule has 6 nitrogen and oxygen atoms in total. The predicted molar refractivity (Wildman–Crippen MR) is 75.2 cm³/mol. The number of carbonyl (C=O) groups is 1. The van der Waals surface area contributed by atoms with E-state index in [0.717, 1.165) is 5.69 Å². The second-order valence-electron chi connectivity index (χ2n) is 4.44. The van der Waals surface area contributed by atoms with Crippen LogP contribution in [0.2, 0.25) is 0 Å². The Morgan fingerprint density at radius 1 is 1.20 bits per heavy atom. The minimum Gasteiger partial charge on any atom is -0.453 e. The number of hydrogen-bond acceptors (Lipinski definition) is 5. The van der Waals surface area contributed by atoms with Crippen LogP contribution >= 0.6 is 0 Å². The standard InChI is InChI=1S/C13H14N2O4S/c1-15(2)12-5-4-10(20(14,17)18)7-11(12)13-6-3-9(8-16)19-13/h3-8H,1-2H3,(H2,14,17,18). The normalized spacial score (nSPS) is 11.3. The van der Waals surface area contributed by atoms with E-state index in [-0.39, 0.29) is 10.7 Å². The van der Waals surface area contributed by atoms with Crippen molar-refractivity contribution in [3.63, 3.8) is 0 Å². The Kier molecular flexibility index (Phi) is 3.65. The first kappa shape index (κ1) is 14.3. The molecule has 0 aliphatic heterocycles. The molecule has 0 aliphatic carbocycles. The minimum atomic E-state index is -3.80. The zero-order chi connectivity index (χ0) is 14.9. The molecule has 1 aromatic carbocycles. The smallest absolute Gasteiger partial charge is 0.238 e. The van der Waals surface area contributed by atoms with Crippen molar-refractivity contribution in [2.24, 2.45) is 5.14 Å². The quantitative estimate of drug-likeness (QED) is 0.862. The van der Waals surface area contributed by atoms with E-state index >= 15 is 0 Å². The number of sulfonamides is 1. The molecule has 1 aromatic heterocycles. The monoisotopic (exact) mass is 294 g/mol. The fraction of sp³-hybridized carbons (Fsp3) is 0.154. The molecule has 0 spiro atoms. The maximum Gasteiger partial charge on any atom is 0.238 e. The number of carbonyl (C=O) groups excluding carboxylic acids is 1. The van der Waals surface area contributed by atoms with Crippen molar-refractivity contribution < 1.29 is 17.6 Å². The van der Waals surface area contributed by atoms with Crippen molar-refractivity contribution in [2.75, 3.05) is 19.0 Å². The van der Waals surface area contributed by atoms with Gasteiger partial charge in [0.05, 0.1) is 4.90 Å². The highest BCUT2D eigenvalue weighted by Gasteiger charge is 2.16. The molecule has 106 valence electrons. The molecule has 0 unspecified atom stereocenters. The molecule has 2 N–H and O–H groups in total. The summed E-state index contributed by atoms with van der Waals surface area (Å²) in [5.41, 5.74) is 1.30. The molecule has 7 heteroatoms. The molecule has 20 heavy (non-hydrogen) atoms. The highest BCUT2D eigenvalue weighted by molar-refractivity contribution is 7.89. The summed E-state index contributed by atoms with van der Waals surface area (Å²) in [5.74, 6) is 0.576. The van der Waals surface area contributed by atoms with Crippen LogP contribution in [-0.2, 0) is 10.0 Å². The molecule has 0 atom stereocenters.